The highest BCUT2D eigenvalue weighted by Crippen LogP contribution is 2.54. The van der Waals surface area contributed by atoms with Crippen molar-refractivity contribution in [3.63, 3.8) is 0 Å². The van der Waals surface area contributed by atoms with Crippen LogP contribution >= 0.6 is 0 Å². The van der Waals surface area contributed by atoms with Crippen molar-refractivity contribution < 1.29 is 0 Å². The van der Waals surface area contributed by atoms with E-state index in [1.54, 1.807) is 0 Å². The molecular weight excluding hydrogens is 240 g/mol. The van der Waals surface area contributed by atoms with Gasteiger partial charge < -0.3 is 0 Å². The van der Waals surface area contributed by atoms with Gasteiger partial charge in [-0.25, -0.2) is 0 Å². The first-order valence-electron chi connectivity index (χ1n) is 9.01. The first-order chi connectivity index (χ1) is 9.63. The molecule has 2 atom stereocenters. The van der Waals surface area contributed by atoms with Crippen LogP contribution in [0.4, 0.5) is 0 Å². The van der Waals surface area contributed by atoms with E-state index in [0.717, 1.165) is 24.7 Å². The average molecular weight is 274 g/mol. The normalized spacial score (nSPS) is 30.4. The van der Waals surface area contributed by atoms with Crippen LogP contribution < -0.4 is 0 Å². The van der Waals surface area contributed by atoms with E-state index in [-0.39, 0.29) is 0 Å². The predicted octanol–water partition coefficient (Wildman–Crippen LogP) is 6.68. The third-order valence-electron chi connectivity index (χ3n) is 6.23. The zero-order valence-corrected chi connectivity index (χ0v) is 14.0. The molecule has 2 fully saturated rings. The lowest BCUT2D eigenvalue weighted by Gasteiger charge is -2.49. The molecule has 1 spiro atoms. The molecule has 2 aliphatic rings. The molecule has 2 rings (SSSR count). The van der Waals surface area contributed by atoms with Crippen LogP contribution in [0, 0.1) is 17.3 Å². The summed E-state index contributed by atoms with van der Waals surface area (Å²) in [5, 5.41) is 0. The lowest BCUT2D eigenvalue weighted by molar-refractivity contribution is 0.0386. The van der Waals surface area contributed by atoms with Crippen molar-refractivity contribution in [1.29, 1.82) is 0 Å². The van der Waals surface area contributed by atoms with Gasteiger partial charge in [0.1, 0.15) is 0 Å². The van der Waals surface area contributed by atoms with Crippen molar-refractivity contribution in [2.24, 2.45) is 17.3 Å². The monoisotopic (exact) mass is 274 g/mol. The van der Waals surface area contributed by atoms with Gasteiger partial charge in [-0.2, -0.15) is 0 Å². The summed E-state index contributed by atoms with van der Waals surface area (Å²) < 4.78 is 0. The van der Waals surface area contributed by atoms with Crippen LogP contribution in [0.3, 0.4) is 0 Å². The molecule has 0 heteroatoms. The van der Waals surface area contributed by atoms with E-state index in [2.05, 4.69) is 33.4 Å². The van der Waals surface area contributed by atoms with Crippen molar-refractivity contribution in [2.75, 3.05) is 0 Å². The van der Waals surface area contributed by atoms with E-state index in [4.69, 9.17) is 0 Å². The molecule has 0 bridgehead atoms. The molecule has 0 saturated heterocycles. The van der Waals surface area contributed by atoms with Crippen LogP contribution in [0.2, 0.25) is 0 Å². The maximum absolute atomic E-state index is 4.50. The Kier molecular flexibility index (Phi) is 5.52. The Morgan fingerprint density at radius 2 is 1.85 bits per heavy atom. The summed E-state index contributed by atoms with van der Waals surface area (Å²) in [5.74, 6) is 1.70. The second-order valence-corrected chi connectivity index (χ2v) is 7.32. The lowest BCUT2D eigenvalue weighted by Crippen LogP contribution is -2.38. The third-order valence-corrected chi connectivity index (χ3v) is 6.23. The summed E-state index contributed by atoms with van der Waals surface area (Å²) in [4.78, 5) is 0. The fourth-order valence-electron chi connectivity index (χ4n) is 4.81. The molecule has 0 heterocycles. The fourth-order valence-corrected chi connectivity index (χ4v) is 4.81. The van der Waals surface area contributed by atoms with E-state index in [0.29, 0.717) is 5.41 Å². The summed E-state index contributed by atoms with van der Waals surface area (Å²) in [7, 11) is 0. The van der Waals surface area contributed by atoms with Gasteiger partial charge in [-0.05, 0) is 73.3 Å². The molecule has 114 valence electrons. The van der Waals surface area contributed by atoms with Gasteiger partial charge in [0, 0.05) is 0 Å². The molecule has 20 heavy (non-hydrogen) atoms. The zero-order valence-electron chi connectivity index (χ0n) is 14.0. The summed E-state index contributed by atoms with van der Waals surface area (Å²) >= 11 is 0. The Balaban J connectivity index is 2.10. The molecule has 0 amide bonds. The van der Waals surface area contributed by atoms with Crippen molar-refractivity contribution in [3.05, 3.63) is 23.8 Å². The number of hydrogen-bond donors (Lipinski definition) is 0. The van der Waals surface area contributed by atoms with Crippen molar-refractivity contribution in [1.82, 2.24) is 0 Å². The third kappa shape index (κ3) is 3.21. The fraction of sp³-hybridized carbons (Fsp3) is 0.800. The Morgan fingerprint density at radius 3 is 2.45 bits per heavy atom. The van der Waals surface area contributed by atoms with Crippen molar-refractivity contribution in [2.45, 2.75) is 85.0 Å². The first-order valence-corrected chi connectivity index (χ1v) is 9.01. The predicted molar refractivity (Wildman–Crippen MR) is 89.8 cm³/mol. The Labute approximate surface area is 126 Å². The van der Waals surface area contributed by atoms with Crippen LogP contribution in [-0.2, 0) is 0 Å². The van der Waals surface area contributed by atoms with Gasteiger partial charge >= 0.3 is 0 Å². The van der Waals surface area contributed by atoms with Gasteiger partial charge in [-0.1, -0.05) is 52.7 Å². The maximum atomic E-state index is 4.50. The van der Waals surface area contributed by atoms with Crippen molar-refractivity contribution >= 4 is 0 Å². The van der Waals surface area contributed by atoms with Crippen LogP contribution in [0.1, 0.15) is 85.0 Å². The van der Waals surface area contributed by atoms with E-state index in [1.165, 1.54) is 62.5 Å². The van der Waals surface area contributed by atoms with E-state index in [9.17, 15) is 0 Å². The standard InChI is InChI=1S/C20H34/c1-5-10-18(6-2)17(4)19-12-11-16(3)20(15-19)13-8-7-9-14-20/h10,16,19H,4-9,11-15H2,1-3H3/b18-10-. The van der Waals surface area contributed by atoms with Gasteiger partial charge in [0.2, 0.25) is 0 Å². The molecule has 0 radical (unpaired) electrons. The highest BCUT2D eigenvalue weighted by Gasteiger charge is 2.42. The van der Waals surface area contributed by atoms with E-state index >= 15 is 0 Å². The maximum Gasteiger partial charge on any atom is -0.0160 e. The lowest BCUT2D eigenvalue weighted by atomic mass is 9.56. The van der Waals surface area contributed by atoms with Crippen LogP contribution in [0.15, 0.2) is 23.8 Å². The summed E-state index contributed by atoms with van der Waals surface area (Å²) in [6, 6.07) is 0. The highest BCUT2D eigenvalue weighted by atomic mass is 14.5. The Morgan fingerprint density at radius 1 is 1.15 bits per heavy atom. The molecule has 2 aliphatic carbocycles. The minimum atomic E-state index is 0.662. The first kappa shape index (κ1) is 15.9. The second kappa shape index (κ2) is 6.96. The molecule has 0 N–H and O–H groups in total. The second-order valence-electron chi connectivity index (χ2n) is 7.32. The number of allylic oxidation sites excluding steroid dienone is 3. The molecule has 0 aliphatic heterocycles. The topological polar surface area (TPSA) is 0 Å². The largest absolute Gasteiger partial charge is 0.0953 e. The molecule has 0 aromatic heterocycles. The van der Waals surface area contributed by atoms with E-state index < -0.39 is 0 Å². The molecule has 2 saturated carbocycles. The highest BCUT2D eigenvalue weighted by molar-refractivity contribution is 5.31. The quantitative estimate of drug-likeness (QED) is 0.502. The van der Waals surface area contributed by atoms with Gasteiger partial charge in [-0.3, -0.25) is 0 Å². The van der Waals surface area contributed by atoms with Gasteiger partial charge in [-0.15, -0.1) is 0 Å². The summed E-state index contributed by atoms with van der Waals surface area (Å²) in [6.45, 7) is 11.6. The Hall–Kier alpha value is -0.520. The van der Waals surface area contributed by atoms with Crippen LogP contribution in [-0.4, -0.2) is 0 Å². The number of rotatable bonds is 4. The molecule has 0 aromatic rings. The zero-order chi connectivity index (χ0) is 14.6. The molecular formula is C20H34. The van der Waals surface area contributed by atoms with Crippen molar-refractivity contribution in [3.8, 4) is 0 Å². The number of hydrogen-bond acceptors (Lipinski definition) is 0. The minimum Gasteiger partial charge on any atom is -0.0953 e. The van der Waals surface area contributed by atoms with Crippen LogP contribution in [0.25, 0.3) is 0 Å². The van der Waals surface area contributed by atoms with E-state index in [1.807, 2.05) is 0 Å². The summed E-state index contributed by atoms with van der Waals surface area (Å²) in [5.41, 5.74) is 3.68. The smallest absolute Gasteiger partial charge is 0.0160 e. The molecule has 2 unspecified atom stereocenters. The van der Waals surface area contributed by atoms with Crippen LogP contribution in [0.5, 0.6) is 0 Å². The van der Waals surface area contributed by atoms with Gasteiger partial charge in [0.05, 0.1) is 0 Å². The van der Waals surface area contributed by atoms with Gasteiger partial charge in [0.15, 0.2) is 0 Å². The summed E-state index contributed by atoms with van der Waals surface area (Å²) in [6.07, 6.45) is 16.3. The SMILES string of the molecule is C=C(/C(=C\CC)CC)C1CCC(C)C2(CCCCC2)C1. The molecule has 0 nitrogen and oxygen atoms in total. The minimum absolute atomic E-state index is 0.662. The Bertz CT molecular complexity index is 354. The molecule has 0 aromatic carbocycles. The average Bonchev–Trinajstić information content (AvgIpc) is 2.48. The van der Waals surface area contributed by atoms with Gasteiger partial charge in [0.25, 0.3) is 0 Å².